The van der Waals surface area contributed by atoms with E-state index >= 15 is 0 Å². The van der Waals surface area contributed by atoms with Crippen LogP contribution in [-0.2, 0) is 16.1 Å². The summed E-state index contributed by atoms with van der Waals surface area (Å²) < 4.78 is 5.80. The zero-order chi connectivity index (χ0) is 22.2. The molecule has 1 saturated heterocycles. The molecule has 2 aromatic carbocycles. The Morgan fingerprint density at radius 2 is 1.78 bits per heavy atom. The van der Waals surface area contributed by atoms with Crippen molar-refractivity contribution in [2.45, 2.75) is 38.0 Å². The molecule has 2 heterocycles. The van der Waals surface area contributed by atoms with Crippen LogP contribution in [0.1, 0.15) is 46.1 Å². The van der Waals surface area contributed by atoms with E-state index in [2.05, 4.69) is 5.32 Å². The molecule has 1 aromatic heterocycles. The molecule has 1 aliphatic rings. The second-order valence-corrected chi connectivity index (χ2v) is 9.03. The third-order valence-corrected chi connectivity index (χ3v) is 6.51. The van der Waals surface area contributed by atoms with Crippen LogP contribution in [0.4, 0.5) is 0 Å². The van der Waals surface area contributed by atoms with E-state index < -0.39 is 6.04 Å². The third-order valence-electron chi connectivity index (χ3n) is 5.65. The minimum atomic E-state index is -0.410. The highest BCUT2D eigenvalue weighted by Gasteiger charge is 2.26. The SMILES string of the molecule is O=C(NC(CC(=O)N(Cc1cccs1)CC1CCCO1)c1ccccc1)c1ccccc1. The number of benzene rings is 2. The molecular weight excluding hydrogens is 420 g/mol. The van der Waals surface area contributed by atoms with Crippen molar-refractivity contribution in [3.63, 3.8) is 0 Å². The van der Waals surface area contributed by atoms with Gasteiger partial charge < -0.3 is 15.0 Å². The molecule has 4 rings (SSSR count). The number of carbonyl (C=O) groups is 2. The molecule has 2 unspecified atom stereocenters. The Morgan fingerprint density at radius 1 is 1.03 bits per heavy atom. The van der Waals surface area contributed by atoms with Gasteiger partial charge in [-0.25, -0.2) is 0 Å². The minimum absolute atomic E-state index is 0.0103. The van der Waals surface area contributed by atoms with E-state index in [9.17, 15) is 9.59 Å². The molecule has 6 heteroatoms. The fraction of sp³-hybridized carbons (Fsp3) is 0.308. The van der Waals surface area contributed by atoms with Gasteiger partial charge in [-0.2, -0.15) is 0 Å². The second kappa shape index (κ2) is 11.1. The zero-order valence-electron chi connectivity index (χ0n) is 18.0. The first-order valence-electron chi connectivity index (χ1n) is 11.0. The van der Waals surface area contributed by atoms with Gasteiger partial charge in [0.1, 0.15) is 0 Å². The fourth-order valence-electron chi connectivity index (χ4n) is 3.95. The molecule has 0 radical (unpaired) electrons. The molecule has 1 aliphatic heterocycles. The van der Waals surface area contributed by atoms with Crippen molar-refractivity contribution in [3.8, 4) is 0 Å². The second-order valence-electron chi connectivity index (χ2n) is 8.00. The lowest BCUT2D eigenvalue weighted by Crippen LogP contribution is -2.39. The van der Waals surface area contributed by atoms with Crippen LogP contribution < -0.4 is 5.32 Å². The van der Waals surface area contributed by atoms with E-state index in [1.807, 2.05) is 70.9 Å². The first-order chi connectivity index (χ1) is 15.7. The average Bonchev–Trinajstić information content (AvgIpc) is 3.54. The predicted molar refractivity (Wildman–Crippen MR) is 126 cm³/mol. The third kappa shape index (κ3) is 6.05. The summed E-state index contributed by atoms with van der Waals surface area (Å²) in [7, 11) is 0. The maximum Gasteiger partial charge on any atom is 0.251 e. The van der Waals surface area contributed by atoms with E-state index in [4.69, 9.17) is 4.74 Å². The number of nitrogens with one attached hydrogen (secondary N) is 1. The summed E-state index contributed by atoms with van der Waals surface area (Å²) in [5.41, 5.74) is 1.49. The van der Waals surface area contributed by atoms with Crippen molar-refractivity contribution in [1.82, 2.24) is 10.2 Å². The van der Waals surface area contributed by atoms with Crippen LogP contribution in [0.25, 0.3) is 0 Å². The van der Waals surface area contributed by atoms with E-state index in [1.54, 1.807) is 23.5 Å². The molecule has 0 saturated carbocycles. The first kappa shape index (κ1) is 22.2. The number of hydrogen-bond acceptors (Lipinski definition) is 4. The van der Waals surface area contributed by atoms with Gasteiger partial charge in [0.25, 0.3) is 5.91 Å². The highest BCUT2D eigenvalue weighted by molar-refractivity contribution is 7.09. The van der Waals surface area contributed by atoms with Crippen molar-refractivity contribution in [2.75, 3.05) is 13.2 Å². The van der Waals surface area contributed by atoms with Gasteiger partial charge in [-0.3, -0.25) is 9.59 Å². The highest BCUT2D eigenvalue weighted by Crippen LogP contribution is 2.22. The van der Waals surface area contributed by atoms with Gasteiger partial charge in [-0.1, -0.05) is 54.6 Å². The monoisotopic (exact) mass is 448 g/mol. The Hall–Kier alpha value is -2.96. The molecule has 2 amide bonds. The number of nitrogens with zero attached hydrogens (tertiary/aromatic N) is 1. The highest BCUT2D eigenvalue weighted by atomic mass is 32.1. The molecule has 1 N–H and O–H groups in total. The van der Waals surface area contributed by atoms with Crippen molar-refractivity contribution < 1.29 is 14.3 Å². The Balaban J connectivity index is 1.51. The van der Waals surface area contributed by atoms with Gasteiger partial charge >= 0.3 is 0 Å². The van der Waals surface area contributed by atoms with E-state index in [1.165, 1.54) is 0 Å². The van der Waals surface area contributed by atoms with Gasteiger partial charge in [0, 0.05) is 23.6 Å². The van der Waals surface area contributed by atoms with Crippen LogP contribution in [0.5, 0.6) is 0 Å². The maximum absolute atomic E-state index is 13.5. The Labute approximate surface area is 193 Å². The van der Waals surface area contributed by atoms with Crippen LogP contribution in [0.2, 0.25) is 0 Å². The lowest BCUT2D eigenvalue weighted by Gasteiger charge is -2.28. The van der Waals surface area contributed by atoms with Crippen molar-refractivity contribution in [2.24, 2.45) is 0 Å². The Bertz CT molecular complexity index is 986. The molecule has 2 atom stereocenters. The summed E-state index contributed by atoms with van der Waals surface area (Å²) in [6, 6.07) is 22.4. The smallest absolute Gasteiger partial charge is 0.251 e. The summed E-state index contributed by atoms with van der Waals surface area (Å²) >= 11 is 1.65. The largest absolute Gasteiger partial charge is 0.376 e. The number of ether oxygens (including phenoxy) is 1. The lowest BCUT2D eigenvalue weighted by molar-refractivity contribution is -0.134. The number of rotatable bonds is 9. The fourth-order valence-corrected chi connectivity index (χ4v) is 4.67. The van der Waals surface area contributed by atoms with Crippen LogP contribution >= 0.6 is 11.3 Å². The standard InChI is InChI=1S/C26H28N2O3S/c29-25(28(18-22-13-7-15-31-22)19-23-14-8-16-32-23)17-24(20-9-3-1-4-10-20)27-26(30)21-11-5-2-6-12-21/h1-6,8-12,14,16,22,24H,7,13,15,17-19H2,(H,27,30). The van der Waals surface area contributed by atoms with Crippen LogP contribution in [0.15, 0.2) is 78.2 Å². The quantitative estimate of drug-likeness (QED) is 0.511. The van der Waals surface area contributed by atoms with Gasteiger partial charge in [0.2, 0.25) is 5.91 Å². The average molecular weight is 449 g/mol. The van der Waals surface area contributed by atoms with Crippen molar-refractivity contribution in [1.29, 1.82) is 0 Å². The van der Waals surface area contributed by atoms with Crippen LogP contribution in [0.3, 0.4) is 0 Å². The molecule has 0 aliphatic carbocycles. The van der Waals surface area contributed by atoms with Gasteiger partial charge in [0.15, 0.2) is 0 Å². The van der Waals surface area contributed by atoms with Crippen molar-refractivity contribution in [3.05, 3.63) is 94.2 Å². The van der Waals surface area contributed by atoms with Crippen LogP contribution in [0, 0.1) is 0 Å². The van der Waals surface area contributed by atoms with Gasteiger partial charge in [-0.05, 0) is 42.0 Å². The number of amides is 2. The summed E-state index contributed by atoms with van der Waals surface area (Å²) in [6.45, 7) is 1.89. The van der Waals surface area contributed by atoms with Gasteiger partial charge in [-0.15, -0.1) is 11.3 Å². The maximum atomic E-state index is 13.5. The molecule has 0 bridgehead atoms. The number of carbonyl (C=O) groups excluding carboxylic acids is 2. The lowest BCUT2D eigenvalue weighted by atomic mass is 10.0. The summed E-state index contributed by atoms with van der Waals surface area (Å²) in [4.78, 5) is 29.4. The van der Waals surface area contributed by atoms with E-state index in [0.717, 1.165) is 29.9 Å². The summed E-state index contributed by atoms with van der Waals surface area (Å²) in [6.07, 6.45) is 2.28. The van der Waals surface area contributed by atoms with E-state index in [0.29, 0.717) is 18.7 Å². The van der Waals surface area contributed by atoms with Crippen LogP contribution in [-0.4, -0.2) is 36.0 Å². The van der Waals surface area contributed by atoms with Crippen molar-refractivity contribution >= 4 is 23.2 Å². The molecule has 3 aromatic rings. The molecule has 32 heavy (non-hydrogen) atoms. The Kier molecular flexibility index (Phi) is 7.69. The molecule has 1 fully saturated rings. The van der Waals surface area contributed by atoms with Gasteiger partial charge in [0.05, 0.1) is 25.1 Å². The number of thiophene rings is 1. The molecule has 166 valence electrons. The number of hydrogen-bond donors (Lipinski definition) is 1. The molecular formula is C26H28N2O3S. The normalized spacial score (nSPS) is 16.4. The Morgan fingerprint density at radius 3 is 2.44 bits per heavy atom. The minimum Gasteiger partial charge on any atom is -0.376 e. The summed E-state index contributed by atoms with van der Waals surface area (Å²) in [5.74, 6) is -0.174. The van der Waals surface area contributed by atoms with E-state index in [-0.39, 0.29) is 24.3 Å². The molecule has 5 nitrogen and oxygen atoms in total. The first-order valence-corrected chi connectivity index (χ1v) is 11.9. The zero-order valence-corrected chi connectivity index (χ0v) is 18.8. The molecule has 0 spiro atoms. The predicted octanol–water partition coefficient (Wildman–Crippen LogP) is 4.82. The summed E-state index contributed by atoms with van der Waals surface area (Å²) in [5, 5.41) is 5.10. The topological polar surface area (TPSA) is 58.6 Å².